The van der Waals surface area contributed by atoms with Crippen LogP contribution in [-0.4, -0.2) is 42.7 Å². The summed E-state index contributed by atoms with van der Waals surface area (Å²) in [7, 11) is 0. The molecule has 1 saturated heterocycles. The molecule has 1 fully saturated rings. The minimum atomic E-state index is 0.688. The van der Waals surface area contributed by atoms with E-state index in [0.29, 0.717) is 5.92 Å². The van der Waals surface area contributed by atoms with E-state index in [0.717, 1.165) is 55.9 Å². The maximum atomic E-state index is 6.10. The van der Waals surface area contributed by atoms with Crippen molar-refractivity contribution in [3.05, 3.63) is 41.6 Å². The van der Waals surface area contributed by atoms with Gasteiger partial charge in [0.25, 0.3) is 0 Å². The molecule has 25 heavy (non-hydrogen) atoms. The van der Waals surface area contributed by atoms with E-state index in [-0.39, 0.29) is 0 Å². The van der Waals surface area contributed by atoms with Crippen LogP contribution in [0.1, 0.15) is 20.3 Å². The summed E-state index contributed by atoms with van der Waals surface area (Å²) < 4.78 is 0. The summed E-state index contributed by atoms with van der Waals surface area (Å²) >= 11 is 6.10. The molecule has 1 aromatic carbocycles. The number of aromatic nitrogens is 2. The Morgan fingerprint density at radius 1 is 1.12 bits per heavy atom. The molecule has 2 aromatic rings. The monoisotopic (exact) mass is 359 g/mol. The number of anilines is 3. The predicted molar refractivity (Wildman–Crippen MR) is 106 cm³/mol. The van der Waals surface area contributed by atoms with Crippen molar-refractivity contribution in [2.75, 3.05) is 47.8 Å². The van der Waals surface area contributed by atoms with Crippen LogP contribution in [0.25, 0.3) is 0 Å². The minimum Gasteiger partial charge on any atom is -0.370 e. The van der Waals surface area contributed by atoms with Gasteiger partial charge in [-0.3, -0.25) is 0 Å². The van der Waals surface area contributed by atoms with Gasteiger partial charge in [-0.15, -0.1) is 0 Å². The highest BCUT2D eigenvalue weighted by atomic mass is 35.5. The third kappa shape index (κ3) is 4.98. The lowest BCUT2D eigenvalue weighted by molar-refractivity contribution is 0.606. The Morgan fingerprint density at radius 2 is 1.88 bits per heavy atom. The molecule has 1 aromatic heterocycles. The molecule has 0 atom stereocenters. The fourth-order valence-electron chi connectivity index (χ4n) is 2.93. The Labute approximate surface area is 155 Å². The van der Waals surface area contributed by atoms with Gasteiger partial charge in [0.2, 0.25) is 5.95 Å². The van der Waals surface area contributed by atoms with E-state index in [2.05, 4.69) is 45.0 Å². The van der Waals surface area contributed by atoms with E-state index in [1.165, 1.54) is 5.69 Å². The molecule has 5 nitrogen and oxygen atoms in total. The maximum absolute atomic E-state index is 6.10. The summed E-state index contributed by atoms with van der Waals surface area (Å²) in [6, 6.07) is 9.97. The van der Waals surface area contributed by atoms with Crippen molar-refractivity contribution in [3.63, 3.8) is 0 Å². The molecule has 0 bridgehead atoms. The van der Waals surface area contributed by atoms with Crippen molar-refractivity contribution in [1.29, 1.82) is 0 Å². The third-order valence-corrected chi connectivity index (χ3v) is 4.64. The van der Waals surface area contributed by atoms with E-state index in [9.17, 15) is 0 Å². The summed E-state index contributed by atoms with van der Waals surface area (Å²) in [5, 5.41) is 4.17. The van der Waals surface area contributed by atoms with Crippen LogP contribution >= 0.6 is 11.6 Å². The molecule has 0 unspecified atom stereocenters. The van der Waals surface area contributed by atoms with Crippen LogP contribution in [0.2, 0.25) is 5.02 Å². The average Bonchev–Trinajstić information content (AvgIpc) is 2.62. The standard InChI is InChI=1S/C19H26ClN5/c1-15(2)6-8-21-18-7-9-22-19(23-18)25-12-10-24(11-13-25)17-5-3-4-16(20)14-17/h3-5,7,9,14-15H,6,8,10-13H2,1-2H3,(H,21,22,23). The van der Waals surface area contributed by atoms with Gasteiger partial charge < -0.3 is 15.1 Å². The van der Waals surface area contributed by atoms with Gasteiger partial charge in [0.1, 0.15) is 5.82 Å². The van der Waals surface area contributed by atoms with E-state index >= 15 is 0 Å². The van der Waals surface area contributed by atoms with Crippen LogP contribution in [0, 0.1) is 5.92 Å². The zero-order chi connectivity index (χ0) is 17.6. The second kappa shape index (κ2) is 8.39. The molecular weight excluding hydrogens is 334 g/mol. The van der Waals surface area contributed by atoms with Gasteiger partial charge in [-0.1, -0.05) is 31.5 Å². The molecule has 134 valence electrons. The number of hydrogen-bond acceptors (Lipinski definition) is 5. The second-order valence-electron chi connectivity index (χ2n) is 6.81. The van der Waals surface area contributed by atoms with Crippen molar-refractivity contribution in [3.8, 4) is 0 Å². The first-order valence-corrected chi connectivity index (χ1v) is 9.32. The number of nitrogens with zero attached hydrogens (tertiary/aromatic N) is 4. The first kappa shape index (κ1) is 17.8. The van der Waals surface area contributed by atoms with Crippen molar-refractivity contribution < 1.29 is 0 Å². The zero-order valence-electron chi connectivity index (χ0n) is 15.0. The normalized spacial score (nSPS) is 14.9. The predicted octanol–water partition coefficient (Wildman–Crippen LogP) is 3.91. The quantitative estimate of drug-likeness (QED) is 0.847. The largest absolute Gasteiger partial charge is 0.370 e. The van der Waals surface area contributed by atoms with E-state index in [1.54, 1.807) is 0 Å². The first-order chi connectivity index (χ1) is 12.1. The number of piperazine rings is 1. The van der Waals surface area contributed by atoms with Crippen LogP contribution in [-0.2, 0) is 0 Å². The molecule has 1 N–H and O–H groups in total. The number of hydrogen-bond donors (Lipinski definition) is 1. The van der Waals surface area contributed by atoms with E-state index in [4.69, 9.17) is 11.6 Å². The lowest BCUT2D eigenvalue weighted by Gasteiger charge is -2.36. The van der Waals surface area contributed by atoms with Crippen LogP contribution in [0.15, 0.2) is 36.5 Å². The summed E-state index contributed by atoms with van der Waals surface area (Å²) in [4.78, 5) is 13.7. The van der Waals surface area contributed by atoms with Crippen molar-refractivity contribution in [2.45, 2.75) is 20.3 Å². The van der Waals surface area contributed by atoms with Gasteiger partial charge >= 0.3 is 0 Å². The van der Waals surface area contributed by atoms with Crippen LogP contribution < -0.4 is 15.1 Å². The number of halogens is 1. The SMILES string of the molecule is CC(C)CCNc1ccnc(N2CCN(c3cccc(Cl)c3)CC2)n1. The molecule has 0 amide bonds. The van der Waals surface area contributed by atoms with Crippen molar-refractivity contribution in [1.82, 2.24) is 9.97 Å². The molecular formula is C19H26ClN5. The van der Waals surface area contributed by atoms with Crippen molar-refractivity contribution >= 4 is 29.1 Å². The highest BCUT2D eigenvalue weighted by Crippen LogP contribution is 2.22. The molecule has 1 aliphatic heterocycles. The number of nitrogens with one attached hydrogen (secondary N) is 1. The number of rotatable bonds is 6. The molecule has 0 radical (unpaired) electrons. The molecule has 0 aliphatic carbocycles. The Kier molecular flexibility index (Phi) is 5.97. The summed E-state index contributed by atoms with van der Waals surface area (Å²) in [5.74, 6) is 2.40. The number of benzene rings is 1. The van der Waals surface area contributed by atoms with Gasteiger partial charge in [0.15, 0.2) is 0 Å². The van der Waals surface area contributed by atoms with Gasteiger partial charge in [-0.2, -0.15) is 4.98 Å². The second-order valence-corrected chi connectivity index (χ2v) is 7.24. The van der Waals surface area contributed by atoms with Crippen molar-refractivity contribution in [2.24, 2.45) is 5.92 Å². The molecule has 0 saturated carbocycles. The van der Waals surface area contributed by atoms with Gasteiger partial charge in [0, 0.05) is 49.6 Å². The molecule has 1 aliphatic rings. The summed E-state index contributed by atoms with van der Waals surface area (Å²) in [6.45, 7) is 9.09. The minimum absolute atomic E-state index is 0.688. The Hall–Kier alpha value is -2.01. The topological polar surface area (TPSA) is 44.3 Å². The van der Waals surface area contributed by atoms with E-state index < -0.39 is 0 Å². The summed E-state index contributed by atoms with van der Waals surface area (Å²) in [6.07, 6.45) is 2.97. The molecule has 6 heteroatoms. The lowest BCUT2D eigenvalue weighted by atomic mass is 10.1. The lowest BCUT2D eigenvalue weighted by Crippen LogP contribution is -2.47. The van der Waals surface area contributed by atoms with Gasteiger partial charge in [-0.25, -0.2) is 4.98 Å². The third-order valence-electron chi connectivity index (χ3n) is 4.41. The highest BCUT2D eigenvalue weighted by Gasteiger charge is 2.19. The fourth-order valence-corrected chi connectivity index (χ4v) is 3.11. The Balaban J connectivity index is 1.57. The smallest absolute Gasteiger partial charge is 0.227 e. The molecule has 0 spiro atoms. The first-order valence-electron chi connectivity index (χ1n) is 8.94. The average molecular weight is 360 g/mol. The van der Waals surface area contributed by atoms with Crippen LogP contribution in [0.4, 0.5) is 17.5 Å². The Morgan fingerprint density at radius 3 is 2.60 bits per heavy atom. The van der Waals surface area contributed by atoms with Gasteiger partial charge in [0.05, 0.1) is 0 Å². The zero-order valence-corrected chi connectivity index (χ0v) is 15.7. The molecule has 2 heterocycles. The van der Waals surface area contributed by atoms with Crippen LogP contribution in [0.5, 0.6) is 0 Å². The molecule has 3 rings (SSSR count). The fraction of sp³-hybridized carbons (Fsp3) is 0.474. The van der Waals surface area contributed by atoms with E-state index in [1.807, 2.05) is 30.5 Å². The van der Waals surface area contributed by atoms with Gasteiger partial charge in [-0.05, 0) is 36.6 Å². The maximum Gasteiger partial charge on any atom is 0.227 e. The summed E-state index contributed by atoms with van der Waals surface area (Å²) in [5.41, 5.74) is 1.18. The van der Waals surface area contributed by atoms with Crippen LogP contribution in [0.3, 0.4) is 0 Å². The highest BCUT2D eigenvalue weighted by molar-refractivity contribution is 6.30. The Bertz CT molecular complexity index is 683.